The van der Waals surface area contributed by atoms with Crippen molar-refractivity contribution >= 4 is 25.8 Å². The number of piperazine rings is 1. The zero-order valence-corrected chi connectivity index (χ0v) is 20.0. The van der Waals surface area contributed by atoms with Crippen LogP contribution in [-0.2, 0) is 24.4 Å². The molecule has 0 aromatic heterocycles. The third kappa shape index (κ3) is 4.83. The maximum atomic E-state index is 13.6. The second-order valence-corrected chi connectivity index (χ2v) is 12.3. The third-order valence-electron chi connectivity index (χ3n) is 5.98. The van der Waals surface area contributed by atoms with Crippen LogP contribution in [0.1, 0.15) is 18.1 Å². The molecule has 3 rings (SSSR count). The number of methoxy groups -OCH3 is 1. The first-order valence-corrected chi connectivity index (χ1v) is 13.6. The van der Waals surface area contributed by atoms with Gasteiger partial charge in [0.25, 0.3) is 0 Å². The molecule has 174 valence electrons. The predicted molar refractivity (Wildman–Crippen MR) is 116 cm³/mol. The van der Waals surface area contributed by atoms with Gasteiger partial charge in [0.05, 0.1) is 35.4 Å². The molecule has 31 heavy (non-hydrogen) atoms. The zero-order valence-electron chi connectivity index (χ0n) is 18.3. The first-order valence-electron chi connectivity index (χ1n) is 10.3. The fourth-order valence-corrected chi connectivity index (χ4v) is 9.48. The minimum absolute atomic E-state index is 0.142. The largest absolute Gasteiger partial charge is 0.496 e. The summed E-state index contributed by atoms with van der Waals surface area (Å²) in [7, 11) is -5.90. The molecule has 1 aromatic carbocycles. The smallest absolute Gasteiger partial charge is 0.409 e. The van der Waals surface area contributed by atoms with Crippen LogP contribution in [0.5, 0.6) is 5.75 Å². The van der Waals surface area contributed by atoms with E-state index in [1.165, 1.54) is 7.11 Å². The van der Waals surface area contributed by atoms with Crippen molar-refractivity contribution in [1.82, 2.24) is 9.80 Å². The molecule has 1 aromatic rings. The molecule has 0 saturated carbocycles. The van der Waals surface area contributed by atoms with Crippen molar-refractivity contribution in [2.24, 2.45) is 0 Å². The van der Waals surface area contributed by atoms with Crippen LogP contribution in [0.4, 0.5) is 4.79 Å². The van der Waals surface area contributed by atoms with E-state index in [4.69, 9.17) is 9.47 Å². The van der Waals surface area contributed by atoms with Crippen LogP contribution in [0.15, 0.2) is 17.0 Å². The number of aryl methyl sites for hydroxylation is 2. The topological polar surface area (TPSA) is 110 Å². The first kappa shape index (κ1) is 23.8. The Kier molecular flexibility index (Phi) is 6.87. The predicted octanol–water partition coefficient (Wildman–Crippen LogP) is 1.03. The lowest BCUT2D eigenvalue weighted by Crippen LogP contribution is -2.56. The van der Waals surface area contributed by atoms with Gasteiger partial charge in [0, 0.05) is 32.2 Å². The molecule has 9 nitrogen and oxygen atoms in total. The molecule has 0 spiro atoms. The molecule has 2 fully saturated rings. The fraction of sp³-hybridized carbons (Fsp3) is 0.650. The number of rotatable bonds is 5. The number of carbonyl (C=O) groups excluding carboxylic acids is 1. The number of hydrogen-bond acceptors (Lipinski definition) is 8. The van der Waals surface area contributed by atoms with Gasteiger partial charge in [0.1, 0.15) is 5.75 Å². The van der Waals surface area contributed by atoms with Crippen molar-refractivity contribution < 1.29 is 31.1 Å². The van der Waals surface area contributed by atoms with Gasteiger partial charge in [0.2, 0.25) is 0 Å². The van der Waals surface area contributed by atoms with Crippen molar-refractivity contribution in [3.05, 3.63) is 23.3 Å². The minimum atomic E-state index is -3.91. The first-order chi connectivity index (χ1) is 14.5. The van der Waals surface area contributed by atoms with E-state index < -0.39 is 42.8 Å². The second kappa shape index (κ2) is 8.95. The van der Waals surface area contributed by atoms with E-state index in [2.05, 4.69) is 0 Å². The highest BCUT2D eigenvalue weighted by atomic mass is 32.2. The molecular formula is C20H30N2O7S2. The minimum Gasteiger partial charge on any atom is -0.496 e. The van der Waals surface area contributed by atoms with Crippen LogP contribution in [-0.4, -0.2) is 95.4 Å². The number of carbonyl (C=O) groups is 1. The summed E-state index contributed by atoms with van der Waals surface area (Å²) in [6, 6.07) is 2.57. The lowest BCUT2D eigenvalue weighted by Gasteiger charge is -2.38. The maximum absolute atomic E-state index is 13.6. The van der Waals surface area contributed by atoms with Gasteiger partial charge in [-0.3, -0.25) is 4.90 Å². The average molecular weight is 475 g/mol. The molecule has 0 aliphatic carbocycles. The number of sulfone groups is 2. The van der Waals surface area contributed by atoms with E-state index in [1.807, 2.05) is 4.90 Å². The van der Waals surface area contributed by atoms with Crippen LogP contribution in [0.3, 0.4) is 0 Å². The molecule has 1 amide bonds. The molecule has 0 bridgehead atoms. The van der Waals surface area contributed by atoms with Gasteiger partial charge in [-0.15, -0.1) is 0 Å². The fourth-order valence-electron chi connectivity index (χ4n) is 4.34. The van der Waals surface area contributed by atoms with Crippen molar-refractivity contribution in [2.75, 3.05) is 51.4 Å². The summed E-state index contributed by atoms with van der Waals surface area (Å²) >= 11 is 0. The Bertz CT molecular complexity index is 1050. The SMILES string of the molecule is CCOC(=O)N1CCN([C@H]2CS(=O)(=O)C[C@@H]2S(=O)(=O)c2cc(C)c(OC)cc2C)CC1. The summed E-state index contributed by atoms with van der Waals surface area (Å²) in [5.74, 6) is -0.0188. The van der Waals surface area contributed by atoms with Crippen molar-refractivity contribution in [2.45, 2.75) is 37.0 Å². The Hall–Kier alpha value is -1.85. The molecule has 0 radical (unpaired) electrons. The lowest BCUT2D eigenvalue weighted by molar-refractivity contribution is 0.0700. The summed E-state index contributed by atoms with van der Waals surface area (Å²) in [6.45, 7) is 6.97. The van der Waals surface area contributed by atoms with E-state index in [0.29, 0.717) is 43.1 Å². The van der Waals surface area contributed by atoms with E-state index in [0.717, 1.165) is 0 Å². The van der Waals surface area contributed by atoms with E-state index >= 15 is 0 Å². The van der Waals surface area contributed by atoms with Gasteiger partial charge < -0.3 is 14.4 Å². The van der Waals surface area contributed by atoms with Gasteiger partial charge in [-0.1, -0.05) is 0 Å². The number of ether oxygens (including phenoxy) is 2. The van der Waals surface area contributed by atoms with Crippen LogP contribution in [0.2, 0.25) is 0 Å². The van der Waals surface area contributed by atoms with Crippen LogP contribution in [0.25, 0.3) is 0 Å². The molecule has 11 heteroatoms. The van der Waals surface area contributed by atoms with Gasteiger partial charge in [0.15, 0.2) is 19.7 Å². The maximum Gasteiger partial charge on any atom is 0.409 e. The average Bonchev–Trinajstić information content (AvgIpc) is 3.06. The Labute approximate surface area is 184 Å². The van der Waals surface area contributed by atoms with Crippen LogP contribution in [0, 0.1) is 13.8 Å². The molecule has 2 atom stereocenters. The van der Waals surface area contributed by atoms with E-state index in [1.54, 1.807) is 37.8 Å². The molecule has 2 saturated heterocycles. The summed E-state index contributed by atoms with van der Waals surface area (Å²) in [5.41, 5.74) is 1.20. The molecular weight excluding hydrogens is 444 g/mol. The Morgan fingerprint density at radius 3 is 2.32 bits per heavy atom. The molecule has 0 N–H and O–H groups in total. The standard InChI is InChI=1S/C20H30N2O7S2/c1-5-29-20(23)22-8-6-21(7-9-22)16-12-30(24,25)13-19(16)31(26,27)18-11-14(2)17(28-4)10-15(18)3/h10-11,16,19H,5-9,12-13H2,1-4H3/t16-,19-/m0/s1. The van der Waals surface area contributed by atoms with Gasteiger partial charge in [-0.2, -0.15) is 0 Å². The molecule has 2 aliphatic heterocycles. The summed E-state index contributed by atoms with van der Waals surface area (Å²) in [4.78, 5) is 15.5. The monoisotopic (exact) mass is 474 g/mol. The van der Waals surface area contributed by atoms with E-state index in [-0.39, 0.29) is 17.3 Å². The second-order valence-electron chi connectivity index (χ2n) is 8.04. The van der Waals surface area contributed by atoms with Crippen molar-refractivity contribution in [3.8, 4) is 5.75 Å². The number of hydrogen-bond donors (Lipinski definition) is 0. The van der Waals surface area contributed by atoms with Crippen molar-refractivity contribution in [1.29, 1.82) is 0 Å². The Morgan fingerprint density at radius 1 is 1.10 bits per heavy atom. The summed E-state index contributed by atoms with van der Waals surface area (Å²) in [5, 5.41) is -1.06. The summed E-state index contributed by atoms with van der Waals surface area (Å²) < 4.78 is 62.4. The highest BCUT2D eigenvalue weighted by molar-refractivity contribution is 7.96. The normalized spacial score (nSPS) is 24.2. The quantitative estimate of drug-likeness (QED) is 0.622. The number of benzene rings is 1. The molecule has 2 heterocycles. The molecule has 0 unspecified atom stereocenters. The lowest BCUT2D eigenvalue weighted by atomic mass is 10.1. The molecule has 2 aliphatic rings. The van der Waals surface area contributed by atoms with Gasteiger partial charge in [-0.05, 0) is 44.0 Å². The summed E-state index contributed by atoms with van der Waals surface area (Å²) in [6.07, 6.45) is -0.408. The third-order valence-corrected chi connectivity index (χ3v) is 10.2. The Morgan fingerprint density at radius 2 is 1.74 bits per heavy atom. The zero-order chi connectivity index (χ0) is 23.0. The van der Waals surface area contributed by atoms with Gasteiger partial charge >= 0.3 is 6.09 Å². The van der Waals surface area contributed by atoms with Crippen LogP contribution >= 0.6 is 0 Å². The number of nitrogens with zero attached hydrogens (tertiary/aromatic N) is 2. The van der Waals surface area contributed by atoms with E-state index in [9.17, 15) is 21.6 Å². The highest BCUT2D eigenvalue weighted by Gasteiger charge is 2.49. The highest BCUT2D eigenvalue weighted by Crippen LogP contribution is 2.33. The van der Waals surface area contributed by atoms with Crippen molar-refractivity contribution in [3.63, 3.8) is 0 Å². The number of amides is 1. The van der Waals surface area contributed by atoms with Gasteiger partial charge in [-0.25, -0.2) is 21.6 Å². The Balaban J connectivity index is 1.88. The van der Waals surface area contributed by atoms with Crippen LogP contribution < -0.4 is 4.74 Å².